The Labute approximate surface area is 157 Å². The highest BCUT2D eigenvalue weighted by Crippen LogP contribution is 2.15. The van der Waals surface area contributed by atoms with Crippen molar-refractivity contribution in [2.75, 3.05) is 13.2 Å². The van der Waals surface area contributed by atoms with Crippen LogP contribution in [0.5, 0.6) is 0 Å². The Morgan fingerprint density at radius 3 is 2.41 bits per heavy atom. The number of carboxylic acids is 1. The van der Waals surface area contributed by atoms with Gasteiger partial charge in [0.05, 0.1) is 24.3 Å². The molecule has 1 fully saturated rings. The minimum atomic E-state index is -0.963. The molecule has 2 aromatic rings. The van der Waals surface area contributed by atoms with Gasteiger partial charge in [-0.2, -0.15) is 0 Å². The standard InChI is InChI=1S/C20H22N2O5/c23-18-16(21-10-13-6-8-15(9-7-13)20(25)26)12-27-17(18)11-22-19(24)14-4-2-1-3-5-14/h1-9,16-18,21,23H,10-12H2,(H,22,24)(H,25,26)/t16-,17-,18+/m1/s1. The molecule has 0 bridgehead atoms. The summed E-state index contributed by atoms with van der Waals surface area (Å²) in [5.41, 5.74) is 1.70. The van der Waals surface area contributed by atoms with Gasteiger partial charge >= 0.3 is 5.97 Å². The van der Waals surface area contributed by atoms with Crippen LogP contribution in [0.25, 0.3) is 0 Å². The number of carboxylic acid groups (broad SMARTS) is 1. The van der Waals surface area contributed by atoms with Crippen molar-refractivity contribution in [1.82, 2.24) is 10.6 Å². The summed E-state index contributed by atoms with van der Waals surface area (Å²) in [6.45, 7) is 1.04. The number of benzene rings is 2. The molecule has 0 aromatic heterocycles. The maximum Gasteiger partial charge on any atom is 0.335 e. The van der Waals surface area contributed by atoms with Crippen LogP contribution in [0.1, 0.15) is 26.3 Å². The van der Waals surface area contributed by atoms with E-state index in [4.69, 9.17) is 9.84 Å². The van der Waals surface area contributed by atoms with Crippen LogP contribution in [0.4, 0.5) is 0 Å². The van der Waals surface area contributed by atoms with Crippen molar-refractivity contribution in [3.05, 3.63) is 71.3 Å². The fourth-order valence-electron chi connectivity index (χ4n) is 2.94. The van der Waals surface area contributed by atoms with E-state index in [0.29, 0.717) is 18.7 Å². The van der Waals surface area contributed by atoms with E-state index in [9.17, 15) is 14.7 Å². The number of aliphatic hydroxyl groups excluding tert-OH is 1. The van der Waals surface area contributed by atoms with Crippen LogP contribution in [0, 0.1) is 0 Å². The highest BCUT2D eigenvalue weighted by molar-refractivity contribution is 5.94. The number of ether oxygens (including phenoxy) is 1. The summed E-state index contributed by atoms with van der Waals surface area (Å²) in [5, 5.41) is 25.3. The Morgan fingerprint density at radius 1 is 1.04 bits per heavy atom. The number of rotatable bonds is 7. The normalized spacial score (nSPS) is 21.7. The molecule has 2 aromatic carbocycles. The number of aromatic carboxylic acids is 1. The van der Waals surface area contributed by atoms with Crippen molar-refractivity contribution >= 4 is 11.9 Å². The molecule has 142 valence electrons. The van der Waals surface area contributed by atoms with Crippen LogP contribution in [0.3, 0.4) is 0 Å². The molecular weight excluding hydrogens is 348 g/mol. The fourth-order valence-corrected chi connectivity index (χ4v) is 2.94. The fraction of sp³-hybridized carbons (Fsp3) is 0.300. The molecule has 1 amide bonds. The minimum absolute atomic E-state index is 0.207. The molecule has 4 N–H and O–H groups in total. The van der Waals surface area contributed by atoms with Gasteiger partial charge < -0.3 is 25.6 Å². The van der Waals surface area contributed by atoms with Gasteiger partial charge in [0.25, 0.3) is 5.91 Å². The molecule has 0 spiro atoms. The average Bonchev–Trinajstić information content (AvgIpc) is 3.05. The Balaban J connectivity index is 1.46. The number of hydrogen-bond donors (Lipinski definition) is 4. The van der Waals surface area contributed by atoms with Crippen LogP contribution >= 0.6 is 0 Å². The Hall–Kier alpha value is -2.74. The molecule has 1 heterocycles. The van der Waals surface area contributed by atoms with Gasteiger partial charge in [-0.15, -0.1) is 0 Å². The molecule has 27 heavy (non-hydrogen) atoms. The van der Waals surface area contributed by atoms with Crippen LogP contribution < -0.4 is 10.6 Å². The van der Waals surface area contributed by atoms with Crippen LogP contribution in [0.2, 0.25) is 0 Å². The Bertz CT molecular complexity index is 779. The summed E-state index contributed by atoms with van der Waals surface area (Å²) in [5.74, 6) is -1.17. The third-order valence-corrected chi connectivity index (χ3v) is 4.55. The van der Waals surface area contributed by atoms with Gasteiger partial charge in [-0.25, -0.2) is 4.79 Å². The number of nitrogens with one attached hydrogen (secondary N) is 2. The summed E-state index contributed by atoms with van der Waals surface area (Å²) in [4.78, 5) is 22.9. The Kier molecular flexibility index (Phi) is 6.18. The Morgan fingerprint density at radius 2 is 1.74 bits per heavy atom. The highest BCUT2D eigenvalue weighted by atomic mass is 16.5. The molecule has 0 unspecified atom stereocenters. The molecule has 3 atom stereocenters. The number of hydrogen-bond acceptors (Lipinski definition) is 5. The van der Waals surface area contributed by atoms with Crippen LogP contribution in [-0.4, -0.2) is 53.5 Å². The van der Waals surface area contributed by atoms with Gasteiger partial charge in [0.2, 0.25) is 0 Å². The lowest BCUT2D eigenvalue weighted by Crippen LogP contribution is -2.44. The first-order valence-corrected chi connectivity index (χ1v) is 8.73. The molecule has 0 saturated carbocycles. The molecule has 1 aliphatic rings. The second-order valence-electron chi connectivity index (χ2n) is 6.43. The maximum absolute atomic E-state index is 12.1. The van der Waals surface area contributed by atoms with Crippen molar-refractivity contribution in [1.29, 1.82) is 0 Å². The van der Waals surface area contributed by atoms with E-state index < -0.39 is 18.2 Å². The molecule has 1 aliphatic heterocycles. The van der Waals surface area contributed by atoms with Crippen molar-refractivity contribution in [2.24, 2.45) is 0 Å². The predicted molar refractivity (Wildman–Crippen MR) is 98.6 cm³/mol. The van der Waals surface area contributed by atoms with Gasteiger partial charge in [0, 0.05) is 18.7 Å². The number of amides is 1. The summed E-state index contributed by atoms with van der Waals surface area (Å²) >= 11 is 0. The minimum Gasteiger partial charge on any atom is -0.478 e. The molecule has 1 saturated heterocycles. The van der Waals surface area contributed by atoms with E-state index in [1.807, 2.05) is 6.07 Å². The van der Waals surface area contributed by atoms with Crippen molar-refractivity contribution in [3.8, 4) is 0 Å². The SMILES string of the molecule is O=C(O)c1ccc(CN[C@@H]2CO[C@H](CNC(=O)c3ccccc3)[C@H]2O)cc1. The lowest BCUT2D eigenvalue weighted by molar-refractivity contribution is 0.0398. The first kappa shape index (κ1) is 19.0. The monoisotopic (exact) mass is 370 g/mol. The van der Waals surface area contributed by atoms with Gasteiger partial charge in [0.15, 0.2) is 0 Å². The van der Waals surface area contributed by atoms with Crippen LogP contribution in [-0.2, 0) is 11.3 Å². The molecule has 7 heteroatoms. The van der Waals surface area contributed by atoms with Gasteiger partial charge in [-0.3, -0.25) is 4.79 Å². The lowest BCUT2D eigenvalue weighted by atomic mass is 10.1. The quantitative estimate of drug-likeness (QED) is 0.580. The lowest BCUT2D eigenvalue weighted by Gasteiger charge is -2.19. The van der Waals surface area contributed by atoms with Crippen LogP contribution in [0.15, 0.2) is 54.6 Å². The zero-order valence-corrected chi connectivity index (χ0v) is 14.7. The third-order valence-electron chi connectivity index (χ3n) is 4.55. The topological polar surface area (TPSA) is 108 Å². The average molecular weight is 370 g/mol. The van der Waals surface area contributed by atoms with Gasteiger partial charge in [0.1, 0.15) is 6.10 Å². The third kappa shape index (κ3) is 4.91. The van der Waals surface area contributed by atoms with E-state index >= 15 is 0 Å². The maximum atomic E-state index is 12.1. The second-order valence-corrected chi connectivity index (χ2v) is 6.43. The van der Waals surface area contributed by atoms with E-state index in [1.165, 1.54) is 0 Å². The summed E-state index contributed by atoms with van der Waals surface area (Å²) < 4.78 is 5.60. The number of aliphatic hydroxyl groups is 1. The highest BCUT2D eigenvalue weighted by Gasteiger charge is 2.35. The molecule has 7 nitrogen and oxygen atoms in total. The van der Waals surface area contributed by atoms with E-state index in [2.05, 4.69) is 10.6 Å². The molecule has 3 rings (SSSR count). The van der Waals surface area contributed by atoms with Gasteiger partial charge in [-0.1, -0.05) is 30.3 Å². The van der Waals surface area contributed by atoms with Crippen molar-refractivity contribution in [2.45, 2.75) is 24.8 Å². The molecule has 0 aliphatic carbocycles. The summed E-state index contributed by atoms with van der Waals surface area (Å²) in [6.07, 6.45) is -1.23. The summed E-state index contributed by atoms with van der Waals surface area (Å²) in [6, 6.07) is 15.2. The number of carbonyl (C=O) groups excluding carboxylic acids is 1. The molecular formula is C20H22N2O5. The predicted octanol–water partition coefficient (Wildman–Crippen LogP) is 1.03. The second kappa shape index (κ2) is 8.77. The van der Waals surface area contributed by atoms with Crippen molar-refractivity contribution in [3.63, 3.8) is 0 Å². The number of carbonyl (C=O) groups is 2. The smallest absolute Gasteiger partial charge is 0.335 e. The van der Waals surface area contributed by atoms with Crippen molar-refractivity contribution < 1.29 is 24.5 Å². The van der Waals surface area contributed by atoms with E-state index in [1.54, 1.807) is 48.5 Å². The first-order chi connectivity index (χ1) is 13.0. The molecule has 0 radical (unpaired) electrons. The first-order valence-electron chi connectivity index (χ1n) is 8.73. The zero-order valence-electron chi connectivity index (χ0n) is 14.7. The zero-order chi connectivity index (χ0) is 19.2. The van der Waals surface area contributed by atoms with E-state index in [-0.39, 0.29) is 24.1 Å². The van der Waals surface area contributed by atoms with Gasteiger partial charge in [-0.05, 0) is 29.8 Å². The van der Waals surface area contributed by atoms with E-state index in [0.717, 1.165) is 5.56 Å². The summed E-state index contributed by atoms with van der Waals surface area (Å²) in [7, 11) is 0. The largest absolute Gasteiger partial charge is 0.478 e.